The molecule has 0 rings (SSSR count). The highest BCUT2D eigenvalue weighted by molar-refractivity contribution is 4.98. The fourth-order valence-corrected chi connectivity index (χ4v) is 0.732. The van der Waals surface area contributed by atoms with Crippen LogP contribution in [0.5, 0.6) is 0 Å². The van der Waals surface area contributed by atoms with Crippen molar-refractivity contribution in [3.8, 4) is 0 Å². The smallest absolute Gasteiger partial charge is 0.142 e. The summed E-state index contributed by atoms with van der Waals surface area (Å²) in [6, 6.07) is 0. The molecule has 0 bridgehead atoms. The molecule has 1 heteroatoms. The van der Waals surface area contributed by atoms with Gasteiger partial charge in [-0.05, 0) is 18.9 Å². The zero-order valence-electron chi connectivity index (χ0n) is 6.55. The molecule has 0 aromatic carbocycles. The molecule has 0 atom stereocenters. The van der Waals surface area contributed by atoms with Crippen molar-refractivity contribution in [1.82, 2.24) is 0 Å². The highest BCUT2D eigenvalue weighted by Gasteiger charge is 1.79. The van der Waals surface area contributed by atoms with Gasteiger partial charge in [-0.25, -0.2) is 0 Å². The van der Waals surface area contributed by atoms with E-state index in [0.29, 0.717) is 0 Å². The van der Waals surface area contributed by atoms with Gasteiger partial charge in [0.25, 0.3) is 0 Å². The molecular weight excluding hydrogens is 124 g/mol. The van der Waals surface area contributed by atoms with E-state index in [2.05, 4.69) is 6.92 Å². The maximum Gasteiger partial charge on any atom is 0.142 e. The molecule has 0 spiro atoms. The lowest BCUT2D eigenvalue weighted by atomic mass is 10.2. The second-order valence-electron chi connectivity index (χ2n) is 2.25. The molecule has 0 amide bonds. The van der Waals surface area contributed by atoms with Crippen molar-refractivity contribution in [2.24, 2.45) is 0 Å². The van der Waals surface area contributed by atoms with Crippen LogP contribution in [-0.4, -0.2) is 0 Å². The summed E-state index contributed by atoms with van der Waals surface area (Å²) in [5, 5.41) is 9.79. The number of allylic oxidation sites excluding steroid dienone is 3. The minimum atomic E-state index is 0.802. The Morgan fingerprint density at radius 2 is 2.00 bits per heavy atom. The third-order valence-electron chi connectivity index (χ3n) is 1.30. The first-order valence-electron chi connectivity index (χ1n) is 3.85. The van der Waals surface area contributed by atoms with Gasteiger partial charge in [-0.2, -0.15) is 0 Å². The maximum atomic E-state index is 9.79. The molecule has 0 saturated carbocycles. The monoisotopic (exact) mass is 139 g/mol. The standard InChI is InChI=1S/C9H15O/c1-2-3-4-5-6-7-8-9-10/h6-9H,2-5H2,1H3/b7-6+,9-8+. The molecule has 57 valence electrons. The van der Waals surface area contributed by atoms with Gasteiger partial charge in [0.1, 0.15) is 6.26 Å². The summed E-state index contributed by atoms with van der Waals surface area (Å²) in [5.74, 6) is 0. The maximum absolute atomic E-state index is 9.79. The third-order valence-corrected chi connectivity index (χ3v) is 1.30. The van der Waals surface area contributed by atoms with Crippen LogP contribution in [0.1, 0.15) is 32.6 Å². The Balaban J connectivity index is 3.02. The minimum absolute atomic E-state index is 0.802. The Kier molecular flexibility index (Phi) is 7.68. The predicted molar refractivity (Wildman–Crippen MR) is 43.1 cm³/mol. The van der Waals surface area contributed by atoms with Crippen LogP contribution in [0.2, 0.25) is 0 Å². The third kappa shape index (κ3) is 7.28. The molecule has 0 fully saturated rings. The first-order chi connectivity index (χ1) is 4.91. The molecule has 1 radical (unpaired) electrons. The van der Waals surface area contributed by atoms with E-state index in [0.717, 1.165) is 12.7 Å². The normalized spacial score (nSPS) is 11.7. The summed E-state index contributed by atoms with van der Waals surface area (Å²) < 4.78 is 0. The van der Waals surface area contributed by atoms with Crippen LogP contribution in [0.3, 0.4) is 0 Å². The average Bonchev–Trinajstić information content (AvgIpc) is 1.97. The van der Waals surface area contributed by atoms with Crippen molar-refractivity contribution >= 4 is 0 Å². The Morgan fingerprint density at radius 1 is 1.20 bits per heavy atom. The van der Waals surface area contributed by atoms with E-state index in [-0.39, 0.29) is 0 Å². The first-order valence-corrected chi connectivity index (χ1v) is 3.85. The lowest BCUT2D eigenvalue weighted by Crippen LogP contribution is -1.69. The van der Waals surface area contributed by atoms with Gasteiger partial charge in [0.05, 0.1) is 0 Å². The molecule has 0 aromatic heterocycles. The lowest BCUT2D eigenvalue weighted by molar-refractivity contribution is 0.352. The van der Waals surface area contributed by atoms with E-state index in [4.69, 9.17) is 0 Å². The summed E-state index contributed by atoms with van der Waals surface area (Å²) in [6.07, 6.45) is 11.0. The zero-order valence-corrected chi connectivity index (χ0v) is 6.55. The number of hydrogen-bond acceptors (Lipinski definition) is 0. The van der Waals surface area contributed by atoms with Crippen LogP contribution in [0.4, 0.5) is 0 Å². The number of unbranched alkanes of at least 4 members (excludes halogenated alkanes) is 3. The van der Waals surface area contributed by atoms with Crippen LogP contribution in [0.15, 0.2) is 24.5 Å². The van der Waals surface area contributed by atoms with Gasteiger partial charge in [-0.15, -0.1) is 0 Å². The molecule has 0 saturated heterocycles. The molecule has 0 unspecified atom stereocenters. The van der Waals surface area contributed by atoms with Gasteiger partial charge in [0.2, 0.25) is 0 Å². The SMILES string of the molecule is CCCCC/C=C/C=C/[O]. The van der Waals surface area contributed by atoms with E-state index in [1.807, 2.05) is 12.2 Å². The second-order valence-corrected chi connectivity index (χ2v) is 2.25. The quantitative estimate of drug-likeness (QED) is 0.317. The second kappa shape index (κ2) is 8.28. The molecule has 0 aromatic rings. The predicted octanol–water partition coefficient (Wildman–Crippen LogP) is 3.07. The summed E-state index contributed by atoms with van der Waals surface area (Å²) >= 11 is 0. The van der Waals surface area contributed by atoms with Crippen molar-refractivity contribution in [3.05, 3.63) is 24.5 Å². The van der Waals surface area contributed by atoms with Crippen LogP contribution in [-0.2, 0) is 5.11 Å². The van der Waals surface area contributed by atoms with Crippen LogP contribution in [0.25, 0.3) is 0 Å². The molecule has 0 aliphatic carbocycles. The van der Waals surface area contributed by atoms with Gasteiger partial charge in [0, 0.05) is 0 Å². The van der Waals surface area contributed by atoms with Crippen LogP contribution < -0.4 is 0 Å². The van der Waals surface area contributed by atoms with Crippen molar-refractivity contribution in [3.63, 3.8) is 0 Å². The topological polar surface area (TPSA) is 19.9 Å². The largest absolute Gasteiger partial charge is 0.299 e. The lowest BCUT2D eigenvalue weighted by Gasteiger charge is -1.89. The van der Waals surface area contributed by atoms with Crippen LogP contribution >= 0.6 is 0 Å². The van der Waals surface area contributed by atoms with E-state index < -0.39 is 0 Å². The Morgan fingerprint density at radius 3 is 2.60 bits per heavy atom. The van der Waals surface area contributed by atoms with E-state index in [1.165, 1.54) is 25.3 Å². The van der Waals surface area contributed by atoms with Crippen molar-refractivity contribution in [1.29, 1.82) is 0 Å². The fraction of sp³-hybridized carbons (Fsp3) is 0.556. The Labute approximate surface area is 63.1 Å². The Bertz CT molecular complexity index is 103. The van der Waals surface area contributed by atoms with Gasteiger partial charge in [-0.3, -0.25) is 5.11 Å². The molecule has 0 aliphatic heterocycles. The number of hydrogen-bond donors (Lipinski definition) is 0. The fourth-order valence-electron chi connectivity index (χ4n) is 0.732. The van der Waals surface area contributed by atoms with Crippen LogP contribution in [0, 0.1) is 0 Å². The molecule has 0 aliphatic rings. The van der Waals surface area contributed by atoms with E-state index >= 15 is 0 Å². The Hall–Kier alpha value is -0.720. The molecule has 0 N–H and O–H groups in total. The highest BCUT2D eigenvalue weighted by Crippen LogP contribution is 1.99. The van der Waals surface area contributed by atoms with Crippen molar-refractivity contribution < 1.29 is 5.11 Å². The van der Waals surface area contributed by atoms with Crippen molar-refractivity contribution in [2.75, 3.05) is 0 Å². The van der Waals surface area contributed by atoms with Gasteiger partial charge >= 0.3 is 0 Å². The first kappa shape index (κ1) is 9.28. The van der Waals surface area contributed by atoms with E-state index in [1.54, 1.807) is 0 Å². The average molecular weight is 139 g/mol. The summed E-state index contributed by atoms with van der Waals surface area (Å²) in [4.78, 5) is 0. The summed E-state index contributed by atoms with van der Waals surface area (Å²) in [5.41, 5.74) is 0. The highest BCUT2D eigenvalue weighted by atomic mass is 16.2. The van der Waals surface area contributed by atoms with E-state index in [9.17, 15) is 5.11 Å². The molecular formula is C9H15O. The molecule has 1 nitrogen and oxygen atoms in total. The van der Waals surface area contributed by atoms with Gasteiger partial charge in [0.15, 0.2) is 0 Å². The number of rotatable bonds is 5. The zero-order chi connectivity index (χ0) is 7.66. The minimum Gasteiger partial charge on any atom is -0.299 e. The summed E-state index contributed by atoms with van der Waals surface area (Å²) in [7, 11) is 0. The van der Waals surface area contributed by atoms with Gasteiger partial charge < -0.3 is 0 Å². The summed E-state index contributed by atoms with van der Waals surface area (Å²) in [6.45, 7) is 2.18. The van der Waals surface area contributed by atoms with Crippen molar-refractivity contribution in [2.45, 2.75) is 32.6 Å². The molecule has 10 heavy (non-hydrogen) atoms. The molecule has 0 heterocycles. The van der Waals surface area contributed by atoms with Gasteiger partial charge in [-0.1, -0.05) is 31.9 Å².